The number of benzene rings is 2. The van der Waals surface area contributed by atoms with Crippen molar-refractivity contribution in [3.63, 3.8) is 0 Å². The second-order valence-electron chi connectivity index (χ2n) is 5.94. The number of aryl methyl sites for hydroxylation is 1. The summed E-state index contributed by atoms with van der Waals surface area (Å²) >= 11 is 0. The van der Waals surface area contributed by atoms with Gasteiger partial charge in [-0.1, -0.05) is 18.2 Å². The molecule has 0 radical (unpaired) electrons. The highest BCUT2D eigenvalue weighted by Gasteiger charge is 2.27. The van der Waals surface area contributed by atoms with Gasteiger partial charge in [-0.2, -0.15) is 0 Å². The molecule has 2 aromatic carbocycles. The summed E-state index contributed by atoms with van der Waals surface area (Å²) in [4.78, 5) is 2.33. The van der Waals surface area contributed by atoms with E-state index in [1.807, 2.05) is 12.1 Å². The Kier molecular flexibility index (Phi) is 3.10. The van der Waals surface area contributed by atoms with E-state index >= 15 is 0 Å². The zero-order chi connectivity index (χ0) is 15.1. The van der Waals surface area contributed by atoms with Gasteiger partial charge in [0.1, 0.15) is 13.2 Å². The van der Waals surface area contributed by atoms with Crippen LogP contribution in [0.25, 0.3) is 0 Å². The zero-order valence-corrected chi connectivity index (χ0v) is 12.7. The number of hydrogen-bond acceptors (Lipinski definition) is 4. The van der Waals surface area contributed by atoms with Gasteiger partial charge in [0.25, 0.3) is 0 Å². The summed E-state index contributed by atoms with van der Waals surface area (Å²) in [6.45, 7) is 3.41. The van der Waals surface area contributed by atoms with E-state index in [0.717, 1.165) is 35.7 Å². The summed E-state index contributed by atoms with van der Waals surface area (Å²) < 4.78 is 11.3. The molecule has 114 valence electrons. The van der Waals surface area contributed by atoms with Crippen molar-refractivity contribution in [2.24, 2.45) is 0 Å². The molecule has 22 heavy (non-hydrogen) atoms. The summed E-state index contributed by atoms with van der Waals surface area (Å²) in [5.41, 5.74) is 10.7. The highest BCUT2D eigenvalue weighted by Crippen LogP contribution is 2.44. The Bertz CT molecular complexity index is 714. The predicted octanol–water partition coefficient (Wildman–Crippen LogP) is 3.51. The van der Waals surface area contributed by atoms with Crippen molar-refractivity contribution in [1.29, 1.82) is 0 Å². The van der Waals surface area contributed by atoms with Gasteiger partial charge in [-0.25, -0.2) is 0 Å². The van der Waals surface area contributed by atoms with Gasteiger partial charge in [0.15, 0.2) is 11.5 Å². The molecule has 2 aromatic rings. The fourth-order valence-corrected chi connectivity index (χ4v) is 3.36. The maximum Gasteiger partial charge on any atom is 0.163 e. The molecule has 0 fully saturated rings. The lowest BCUT2D eigenvalue weighted by atomic mass is 9.95. The van der Waals surface area contributed by atoms with E-state index in [9.17, 15) is 0 Å². The monoisotopic (exact) mass is 296 g/mol. The smallest absolute Gasteiger partial charge is 0.163 e. The Hall–Kier alpha value is -2.36. The number of nitrogens with zero attached hydrogens (tertiary/aromatic N) is 1. The minimum atomic E-state index is 0.403. The first-order valence-electron chi connectivity index (χ1n) is 7.80. The third-order valence-electron chi connectivity index (χ3n) is 4.47. The molecule has 4 heteroatoms. The quantitative estimate of drug-likeness (QED) is 0.818. The number of hydrogen-bond donors (Lipinski definition) is 1. The molecule has 4 nitrogen and oxygen atoms in total. The van der Waals surface area contributed by atoms with Crippen LogP contribution in [0.5, 0.6) is 11.5 Å². The van der Waals surface area contributed by atoms with E-state index < -0.39 is 0 Å². The van der Waals surface area contributed by atoms with E-state index in [1.165, 1.54) is 11.3 Å². The van der Waals surface area contributed by atoms with Gasteiger partial charge in [0.05, 0.1) is 11.4 Å². The molecule has 0 aliphatic carbocycles. The van der Waals surface area contributed by atoms with Crippen molar-refractivity contribution in [1.82, 2.24) is 0 Å². The third-order valence-corrected chi connectivity index (χ3v) is 4.47. The molecule has 2 N–H and O–H groups in total. The van der Waals surface area contributed by atoms with E-state index in [1.54, 1.807) is 0 Å². The maximum atomic E-state index is 6.32. The largest absolute Gasteiger partial charge is 0.486 e. The van der Waals surface area contributed by atoms with Crippen LogP contribution in [-0.2, 0) is 6.42 Å². The van der Waals surface area contributed by atoms with Crippen LogP contribution in [0.3, 0.4) is 0 Å². The molecule has 1 atom stereocenters. The van der Waals surface area contributed by atoms with Crippen molar-refractivity contribution in [3.8, 4) is 11.5 Å². The Morgan fingerprint density at radius 1 is 1.05 bits per heavy atom. The van der Waals surface area contributed by atoms with Crippen molar-refractivity contribution >= 4 is 17.1 Å². The number of nitrogens with two attached hydrogens (primary N) is 1. The summed E-state index contributed by atoms with van der Waals surface area (Å²) in [5.74, 6) is 1.52. The van der Waals surface area contributed by atoms with Crippen LogP contribution >= 0.6 is 0 Å². The van der Waals surface area contributed by atoms with Gasteiger partial charge in [-0.3, -0.25) is 0 Å². The Balaban J connectivity index is 1.84. The standard InChI is InChI=1S/C18H20N2O2/c1-12-6-7-13-4-2-3-5-15(13)20(12)16-11-18-17(10-14(16)19)21-8-9-22-18/h2-5,10-12H,6-9,19H2,1H3. The fourth-order valence-electron chi connectivity index (χ4n) is 3.36. The van der Waals surface area contributed by atoms with Crippen molar-refractivity contribution in [3.05, 3.63) is 42.0 Å². The van der Waals surface area contributed by atoms with Crippen molar-refractivity contribution < 1.29 is 9.47 Å². The topological polar surface area (TPSA) is 47.7 Å². The molecule has 2 aliphatic heterocycles. The molecule has 2 aliphatic rings. The van der Waals surface area contributed by atoms with Gasteiger partial charge in [-0.15, -0.1) is 0 Å². The molecule has 0 bridgehead atoms. The lowest BCUT2D eigenvalue weighted by Gasteiger charge is -2.38. The molecule has 0 saturated carbocycles. The SMILES string of the molecule is CC1CCc2ccccc2N1c1cc2c(cc1N)OCCO2. The molecule has 0 spiro atoms. The number of nitrogen functional groups attached to an aromatic ring is 1. The van der Waals surface area contributed by atoms with Crippen LogP contribution in [0.4, 0.5) is 17.1 Å². The molecule has 2 heterocycles. The summed E-state index contributed by atoms with van der Waals surface area (Å²) in [6.07, 6.45) is 2.23. The zero-order valence-electron chi connectivity index (χ0n) is 12.7. The average Bonchev–Trinajstić information content (AvgIpc) is 2.54. The first-order chi connectivity index (χ1) is 10.7. The highest BCUT2D eigenvalue weighted by molar-refractivity contribution is 5.80. The minimum Gasteiger partial charge on any atom is -0.486 e. The van der Waals surface area contributed by atoms with Crippen molar-refractivity contribution in [2.45, 2.75) is 25.8 Å². The number of fused-ring (bicyclic) bond motifs is 2. The van der Waals surface area contributed by atoms with Crippen LogP contribution in [0.1, 0.15) is 18.9 Å². The van der Waals surface area contributed by atoms with Gasteiger partial charge in [-0.05, 0) is 31.4 Å². The Morgan fingerprint density at radius 2 is 1.77 bits per heavy atom. The van der Waals surface area contributed by atoms with E-state index in [-0.39, 0.29) is 0 Å². The first kappa shape index (κ1) is 13.3. The lowest BCUT2D eigenvalue weighted by Crippen LogP contribution is -2.33. The van der Waals surface area contributed by atoms with Gasteiger partial charge < -0.3 is 20.1 Å². The predicted molar refractivity (Wildman–Crippen MR) is 88.2 cm³/mol. The normalized spacial score (nSPS) is 19.7. The third kappa shape index (κ3) is 2.06. The Morgan fingerprint density at radius 3 is 2.59 bits per heavy atom. The minimum absolute atomic E-state index is 0.403. The number of para-hydroxylation sites is 1. The molecule has 4 rings (SSSR count). The number of anilines is 3. The van der Waals surface area contributed by atoms with Crippen LogP contribution in [0.15, 0.2) is 36.4 Å². The molecular formula is C18H20N2O2. The average molecular weight is 296 g/mol. The number of ether oxygens (including phenoxy) is 2. The molecule has 0 amide bonds. The summed E-state index contributed by atoms with van der Waals surface area (Å²) in [6, 6.07) is 12.8. The molecular weight excluding hydrogens is 276 g/mol. The Labute approximate surface area is 130 Å². The number of rotatable bonds is 1. The second-order valence-corrected chi connectivity index (χ2v) is 5.94. The fraction of sp³-hybridized carbons (Fsp3) is 0.333. The van der Waals surface area contributed by atoms with Crippen molar-refractivity contribution in [2.75, 3.05) is 23.8 Å². The summed E-state index contributed by atoms with van der Waals surface area (Å²) in [7, 11) is 0. The van der Waals surface area contributed by atoms with E-state index in [0.29, 0.717) is 19.3 Å². The molecule has 0 aromatic heterocycles. The summed E-state index contributed by atoms with van der Waals surface area (Å²) in [5, 5.41) is 0. The van der Waals surface area contributed by atoms with Crippen LogP contribution in [0.2, 0.25) is 0 Å². The molecule has 1 unspecified atom stereocenters. The van der Waals surface area contributed by atoms with Gasteiger partial charge >= 0.3 is 0 Å². The van der Waals surface area contributed by atoms with Crippen LogP contribution < -0.4 is 20.1 Å². The first-order valence-corrected chi connectivity index (χ1v) is 7.80. The van der Waals surface area contributed by atoms with Crippen LogP contribution in [-0.4, -0.2) is 19.3 Å². The lowest BCUT2D eigenvalue weighted by molar-refractivity contribution is 0.172. The maximum absolute atomic E-state index is 6.32. The van der Waals surface area contributed by atoms with Gasteiger partial charge in [0.2, 0.25) is 0 Å². The second kappa shape index (κ2) is 5.13. The molecule has 0 saturated heterocycles. The van der Waals surface area contributed by atoms with Crippen LogP contribution in [0, 0.1) is 0 Å². The van der Waals surface area contributed by atoms with E-state index in [2.05, 4.69) is 36.1 Å². The highest BCUT2D eigenvalue weighted by atomic mass is 16.6. The van der Waals surface area contributed by atoms with Gasteiger partial charge in [0, 0.05) is 23.9 Å². The van der Waals surface area contributed by atoms with E-state index in [4.69, 9.17) is 15.2 Å².